The molecule has 0 radical (unpaired) electrons. The number of aliphatic hydroxyl groups excluding tert-OH is 1. The molecule has 1 atom stereocenters. The average Bonchev–Trinajstić information content (AvgIpc) is 2.28. The van der Waals surface area contributed by atoms with Gasteiger partial charge in [-0.25, -0.2) is 0 Å². The van der Waals surface area contributed by atoms with Crippen LogP contribution < -0.4 is 15.8 Å². The monoisotopic (exact) mass is 238 g/mol. The predicted molar refractivity (Wildman–Crippen MR) is 66.0 cm³/mol. The van der Waals surface area contributed by atoms with Gasteiger partial charge in [-0.3, -0.25) is 4.79 Å². The van der Waals surface area contributed by atoms with E-state index in [4.69, 9.17) is 15.6 Å². The van der Waals surface area contributed by atoms with Crippen LogP contribution in [0.25, 0.3) is 0 Å². The summed E-state index contributed by atoms with van der Waals surface area (Å²) in [5.41, 5.74) is 6.62. The SMILES string of the molecule is CCOc1ccc(C(=O)NCC(C)O)cc1N. The van der Waals surface area contributed by atoms with Crippen molar-refractivity contribution in [2.75, 3.05) is 18.9 Å². The summed E-state index contributed by atoms with van der Waals surface area (Å²) >= 11 is 0. The number of carbonyl (C=O) groups excluding carboxylic acids is 1. The lowest BCUT2D eigenvalue weighted by atomic mass is 10.1. The van der Waals surface area contributed by atoms with Gasteiger partial charge in [0.25, 0.3) is 5.91 Å². The van der Waals surface area contributed by atoms with E-state index in [1.165, 1.54) is 0 Å². The van der Waals surface area contributed by atoms with Crippen molar-refractivity contribution in [1.29, 1.82) is 0 Å². The molecule has 0 bridgehead atoms. The summed E-state index contributed by atoms with van der Waals surface area (Å²) in [5.74, 6) is 0.306. The quantitative estimate of drug-likeness (QED) is 0.662. The standard InChI is InChI=1S/C12H18N2O3/c1-3-17-11-5-4-9(6-10(11)13)12(16)14-7-8(2)15/h4-6,8,15H,3,7,13H2,1-2H3,(H,14,16). The number of nitrogens with two attached hydrogens (primary N) is 1. The van der Waals surface area contributed by atoms with Crippen molar-refractivity contribution in [1.82, 2.24) is 5.32 Å². The molecule has 0 saturated heterocycles. The zero-order valence-electron chi connectivity index (χ0n) is 10.1. The molecule has 17 heavy (non-hydrogen) atoms. The predicted octanol–water partition coefficient (Wildman–Crippen LogP) is 0.778. The third-order valence-corrected chi connectivity index (χ3v) is 2.13. The zero-order chi connectivity index (χ0) is 12.8. The molecule has 0 saturated carbocycles. The van der Waals surface area contributed by atoms with Crippen LogP contribution in [0.15, 0.2) is 18.2 Å². The van der Waals surface area contributed by atoms with Gasteiger partial charge >= 0.3 is 0 Å². The molecule has 0 heterocycles. The Bertz CT molecular complexity index is 391. The van der Waals surface area contributed by atoms with Gasteiger partial charge in [0.15, 0.2) is 0 Å². The minimum atomic E-state index is -0.570. The van der Waals surface area contributed by atoms with Crippen molar-refractivity contribution >= 4 is 11.6 Å². The van der Waals surface area contributed by atoms with Crippen molar-refractivity contribution in [3.8, 4) is 5.75 Å². The van der Waals surface area contributed by atoms with Crippen LogP contribution in [0.2, 0.25) is 0 Å². The highest BCUT2D eigenvalue weighted by molar-refractivity contribution is 5.95. The molecule has 1 unspecified atom stereocenters. The third-order valence-electron chi connectivity index (χ3n) is 2.13. The van der Waals surface area contributed by atoms with E-state index < -0.39 is 6.10 Å². The van der Waals surface area contributed by atoms with E-state index in [-0.39, 0.29) is 12.5 Å². The normalized spacial score (nSPS) is 11.9. The minimum Gasteiger partial charge on any atom is -0.492 e. The Morgan fingerprint density at radius 1 is 1.59 bits per heavy atom. The third kappa shape index (κ3) is 3.96. The van der Waals surface area contributed by atoms with Crippen LogP contribution in [0.1, 0.15) is 24.2 Å². The number of nitrogens with one attached hydrogen (secondary N) is 1. The molecule has 1 aromatic rings. The first-order valence-corrected chi connectivity index (χ1v) is 5.53. The van der Waals surface area contributed by atoms with Gasteiger partial charge in [0, 0.05) is 12.1 Å². The summed E-state index contributed by atoms with van der Waals surface area (Å²) in [4.78, 5) is 11.7. The number of rotatable bonds is 5. The maximum Gasteiger partial charge on any atom is 0.251 e. The summed E-state index contributed by atoms with van der Waals surface area (Å²) in [6.45, 7) is 4.21. The topological polar surface area (TPSA) is 84.6 Å². The first-order valence-electron chi connectivity index (χ1n) is 5.53. The Kier molecular flexibility index (Phi) is 4.78. The molecule has 4 N–H and O–H groups in total. The molecule has 0 aliphatic rings. The van der Waals surface area contributed by atoms with Crippen LogP contribution in [0.4, 0.5) is 5.69 Å². The molecule has 0 aromatic heterocycles. The number of carbonyl (C=O) groups is 1. The lowest BCUT2D eigenvalue weighted by Crippen LogP contribution is -2.30. The smallest absolute Gasteiger partial charge is 0.251 e. The van der Waals surface area contributed by atoms with Crippen LogP contribution >= 0.6 is 0 Å². The van der Waals surface area contributed by atoms with E-state index in [0.717, 1.165) is 0 Å². The second-order valence-electron chi connectivity index (χ2n) is 3.74. The molecule has 1 amide bonds. The Labute approximate surface area is 101 Å². The van der Waals surface area contributed by atoms with E-state index in [0.29, 0.717) is 23.6 Å². The van der Waals surface area contributed by atoms with Crippen molar-refractivity contribution in [2.45, 2.75) is 20.0 Å². The Morgan fingerprint density at radius 2 is 2.29 bits per heavy atom. The number of hydrogen-bond acceptors (Lipinski definition) is 4. The fraction of sp³-hybridized carbons (Fsp3) is 0.417. The highest BCUT2D eigenvalue weighted by Crippen LogP contribution is 2.22. The van der Waals surface area contributed by atoms with Crippen LogP contribution in [0.3, 0.4) is 0 Å². The van der Waals surface area contributed by atoms with Crippen molar-refractivity contribution < 1.29 is 14.6 Å². The molecule has 5 heteroatoms. The highest BCUT2D eigenvalue weighted by Gasteiger charge is 2.09. The molecular weight excluding hydrogens is 220 g/mol. The van der Waals surface area contributed by atoms with E-state index >= 15 is 0 Å². The number of hydrogen-bond donors (Lipinski definition) is 3. The largest absolute Gasteiger partial charge is 0.492 e. The van der Waals surface area contributed by atoms with Gasteiger partial charge < -0.3 is 20.9 Å². The zero-order valence-corrected chi connectivity index (χ0v) is 10.1. The number of nitrogen functional groups attached to an aromatic ring is 1. The molecule has 1 rings (SSSR count). The second-order valence-corrected chi connectivity index (χ2v) is 3.74. The first-order chi connectivity index (χ1) is 8.04. The molecule has 0 aliphatic heterocycles. The fourth-order valence-electron chi connectivity index (χ4n) is 1.32. The lowest BCUT2D eigenvalue weighted by molar-refractivity contribution is 0.0924. The molecule has 94 valence electrons. The van der Waals surface area contributed by atoms with Crippen LogP contribution in [0, 0.1) is 0 Å². The maximum absolute atomic E-state index is 11.7. The van der Waals surface area contributed by atoms with Gasteiger partial charge in [-0.05, 0) is 32.0 Å². The molecule has 0 spiro atoms. The first kappa shape index (κ1) is 13.3. The summed E-state index contributed by atoms with van der Waals surface area (Å²) in [6, 6.07) is 4.86. The second kappa shape index (κ2) is 6.10. The van der Waals surface area contributed by atoms with Gasteiger partial charge in [-0.15, -0.1) is 0 Å². The molecular formula is C12H18N2O3. The maximum atomic E-state index is 11.7. The molecule has 5 nitrogen and oxygen atoms in total. The van der Waals surface area contributed by atoms with Gasteiger partial charge in [-0.1, -0.05) is 0 Å². The van der Waals surface area contributed by atoms with E-state index in [1.807, 2.05) is 6.92 Å². The minimum absolute atomic E-state index is 0.214. The Morgan fingerprint density at radius 3 is 2.82 bits per heavy atom. The Hall–Kier alpha value is -1.75. The summed E-state index contributed by atoms with van der Waals surface area (Å²) in [6.07, 6.45) is -0.570. The number of aliphatic hydroxyl groups is 1. The van der Waals surface area contributed by atoms with Crippen molar-refractivity contribution in [3.05, 3.63) is 23.8 Å². The summed E-state index contributed by atoms with van der Waals surface area (Å²) < 4.78 is 5.27. The fourth-order valence-corrected chi connectivity index (χ4v) is 1.32. The number of benzene rings is 1. The average molecular weight is 238 g/mol. The Balaban J connectivity index is 2.72. The highest BCUT2D eigenvalue weighted by atomic mass is 16.5. The van der Waals surface area contributed by atoms with Gasteiger partial charge in [0.2, 0.25) is 0 Å². The lowest BCUT2D eigenvalue weighted by Gasteiger charge is -2.10. The van der Waals surface area contributed by atoms with Crippen molar-refractivity contribution in [2.24, 2.45) is 0 Å². The summed E-state index contributed by atoms with van der Waals surface area (Å²) in [7, 11) is 0. The molecule has 0 fully saturated rings. The number of ether oxygens (including phenoxy) is 1. The van der Waals surface area contributed by atoms with Gasteiger partial charge in [0.05, 0.1) is 18.4 Å². The summed E-state index contributed by atoms with van der Waals surface area (Å²) in [5, 5.41) is 11.6. The number of anilines is 1. The molecule has 1 aromatic carbocycles. The van der Waals surface area contributed by atoms with Crippen LogP contribution in [-0.2, 0) is 0 Å². The van der Waals surface area contributed by atoms with Crippen LogP contribution in [0.5, 0.6) is 5.75 Å². The molecule has 0 aliphatic carbocycles. The van der Waals surface area contributed by atoms with E-state index in [1.54, 1.807) is 25.1 Å². The van der Waals surface area contributed by atoms with Gasteiger partial charge in [0.1, 0.15) is 5.75 Å². The van der Waals surface area contributed by atoms with Crippen molar-refractivity contribution in [3.63, 3.8) is 0 Å². The van der Waals surface area contributed by atoms with Crippen LogP contribution in [-0.4, -0.2) is 30.3 Å². The van der Waals surface area contributed by atoms with Gasteiger partial charge in [-0.2, -0.15) is 0 Å². The van der Waals surface area contributed by atoms with E-state index in [9.17, 15) is 4.79 Å². The number of amides is 1. The van der Waals surface area contributed by atoms with E-state index in [2.05, 4.69) is 5.32 Å².